The van der Waals surface area contributed by atoms with Gasteiger partial charge in [0.2, 0.25) is 17.5 Å². The van der Waals surface area contributed by atoms with Gasteiger partial charge in [0.05, 0.1) is 37.2 Å². The van der Waals surface area contributed by atoms with Crippen LogP contribution in [0, 0.1) is 22.7 Å². The maximum atomic E-state index is 14.7. The van der Waals surface area contributed by atoms with Crippen molar-refractivity contribution in [1.82, 2.24) is 35.1 Å². The quantitative estimate of drug-likeness (QED) is 0.113. The summed E-state index contributed by atoms with van der Waals surface area (Å²) >= 11 is 0. The Labute approximate surface area is 395 Å². The van der Waals surface area contributed by atoms with Crippen LogP contribution in [0.2, 0.25) is 0 Å². The Morgan fingerprint density at radius 3 is 2.59 bits per heavy atom. The van der Waals surface area contributed by atoms with E-state index in [0.717, 1.165) is 43.7 Å². The number of phenolic OH excluding ortho intramolecular Hbond substituents is 1. The number of aromatic hydroxyl groups is 1. The molecule has 68 heavy (non-hydrogen) atoms. The fraction of sp³-hybridized carbons (Fsp3) is 0.460. The third kappa shape index (κ3) is 9.83. The van der Waals surface area contributed by atoms with E-state index in [2.05, 4.69) is 28.4 Å². The van der Waals surface area contributed by atoms with E-state index in [1.165, 1.54) is 18.0 Å². The van der Waals surface area contributed by atoms with E-state index in [9.17, 15) is 44.6 Å². The predicted molar refractivity (Wildman–Crippen MR) is 249 cm³/mol. The molecule has 2 aromatic carbocycles. The topological polar surface area (TPSA) is 240 Å². The third-order valence-corrected chi connectivity index (χ3v) is 13.1. The number of benzene rings is 2. The summed E-state index contributed by atoms with van der Waals surface area (Å²) in [5.74, 6) is -4.35. The molecule has 3 aliphatic rings. The number of hydrogen-bond donors (Lipinski definition) is 5. The van der Waals surface area contributed by atoms with Crippen molar-refractivity contribution in [2.75, 3.05) is 40.4 Å². The number of aliphatic hydroxyl groups is 2. The Kier molecular flexibility index (Phi) is 14.1. The maximum Gasteiger partial charge on any atom is 0.355 e. The van der Waals surface area contributed by atoms with Crippen LogP contribution in [0.3, 0.4) is 0 Å². The van der Waals surface area contributed by atoms with Gasteiger partial charge >= 0.3 is 5.97 Å². The summed E-state index contributed by atoms with van der Waals surface area (Å²) in [4.78, 5) is 76.6. The molecule has 18 nitrogen and oxygen atoms in total. The fourth-order valence-corrected chi connectivity index (χ4v) is 9.79. The molecule has 6 bridgehead atoms. The molecule has 360 valence electrons. The number of phenols is 1. The van der Waals surface area contributed by atoms with Gasteiger partial charge in [-0.05, 0) is 83.5 Å². The summed E-state index contributed by atoms with van der Waals surface area (Å²) in [6, 6.07) is 14.0. The molecule has 2 saturated heterocycles. The predicted octanol–water partition coefficient (Wildman–Crippen LogP) is 3.35. The number of hydrogen-bond acceptors (Lipinski definition) is 13. The highest BCUT2D eigenvalue weighted by atomic mass is 16.6. The Hall–Kier alpha value is -6.65. The van der Waals surface area contributed by atoms with Crippen LogP contribution in [0.4, 0.5) is 0 Å². The van der Waals surface area contributed by atoms with Gasteiger partial charge in [0.15, 0.2) is 5.60 Å². The number of aromatic nitrogens is 2. The molecule has 0 saturated carbocycles. The number of likely N-dealkylation sites (tertiary alicyclic amines) is 1. The van der Waals surface area contributed by atoms with E-state index >= 15 is 0 Å². The number of esters is 1. The standard InChI is InChI=1S/C50H60N8O10/c1-8-41(60)56-19-15-49(65,28-56)46(63)55(6)42(30(2)3)44(61)53-38-23-31-21-33(24-34(59)22-31)32-12-13-40-36(25-32)37(43(57(40)20-16-51)35-11-9-17-52-39(35)27-67-7)26-48(4,5)29-68-47(64)50(66)14-10-18-58(54-50)45(38)62/h8-9,11-13,17,21-22,24-25,30,38,42,54,59,65-66H,1,10,14-15,18-20,23,26-29H2,2-7H3,(H,53,61)/t38-,42-,49?,50-/m0/s1. The highest BCUT2D eigenvalue weighted by Crippen LogP contribution is 2.41. The molecule has 2 aromatic heterocycles. The second kappa shape index (κ2) is 19.5. The Bertz CT molecular complexity index is 2690. The Morgan fingerprint density at radius 1 is 1.12 bits per heavy atom. The molecule has 3 aliphatic heterocycles. The molecule has 18 heteroatoms. The molecule has 1 unspecified atom stereocenters. The van der Waals surface area contributed by atoms with Crippen molar-refractivity contribution in [3.63, 3.8) is 0 Å². The molecular formula is C50H60N8O10. The number of fused-ring (bicyclic) bond motifs is 6. The minimum absolute atomic E-state index is 0.00758. The highest BCUT2D eigenvalue weighted by Gasteiger charge is 2.49. The van der Waals surface area contributed by atoms with Gasteiger partial charge in [-0.3, -0.25) is 29.2 Å². The van der Waals surface area contributed by atoms with E-state index < -0.39 is 64.3 Å². The Morgan fingerprint density at radius 2 is 1.88 bits per heavy atom. The van der Waals surface area contributed by atoms with Crippen LogP contribution in [0.25, 0.3) is 33.3 Å². The van der Waals surface area contributed by atoms with Crippen LogP contribution in [-0.2, 0) is 59.4 Å². The Balaban J connectivity index is 1.33. The first-order valence-electron chi connectivity index (χ1n) is 22.7. The van der Waals surface area contributed by atoms with Gasteiger partial charge in [-0.2, -0.15) is 10.7 Å². The lowest BCUT2D eigenvalue weighted by Gasteiger charge is -2.40. The SMILES string of the molecule is C=CC(=O)N1CCC(O)(C(=O)N(C)[C@H](C(=O)N[C@H]2Cc3cc(O)cc(c3)-c3ccc4c(c3)c(c(-c3cccnc3COC)n4CC#N)CC(C)(C)COC(=O)[C@@]3(O)CCCN(N3)C2=O)C(C)C)C1. The molecule has 7 rings (SSSR count). The van der Waals surface area contributed by atoms with Crippen LogP contribution in [0.15, 0.2) is 67.4 Å². The smallest absolute Gasteiger partial charge is 0.355 e. The second-order valence-electron chi connectivity index (χ2n) is 19.2. The minimum atomic E-state index is -2.33. The first-order chi connectivity index (χ1) is 32.2. The van der Waals surface area contributed by atoms with Crippen molar-refractivity contribution in [2.45, 2.75) is 96.4 Å². The van der Waals surface area contributed by atoms with Crippen molar-refractivity contribution in [3.8, 4) is 34.2 Å². The van der Waals surface area contributed by atoms with Gasteiger partial charge in [-0.25, -0.2) is 4.79 Å². The molecule has 2 fully saturated rings. The van der Waals surface area contributed by atoms with E-state index in [1.807, 2.05) is 48.7 Å². The van der Waals surface area contributed by atoms with Gasteiger partial charge in [0.1, 0.15) is 24.4 Å². The molecule has 0 aliphatic carbocycles. The molecule has 4 aromatic rings. The van der Waals surface area contributed by atoms with Crippen molar-refractivity contribution < 1.29 is 48.8 Å². The number of nitrogens with one attached hydrogen (secondary N) is 2. The van der Waals surface area contributed by atoms with Crippen molar-refractivity contribution in [2.24, 2.45) is 11.3 Å². The summed E-state index contributed by atoms with van der Waals surface area (Å²) in [5.41, 5.74) is 3.05. The fourth-order valence-electron chi connectivity index (χ4n) is 9.79. The van der Waals surface area contributed by atoms with Crippen molar-refractivity contribution in [1.29, 1.82) is 5.26 Å². The number of β-amino-alcohol motifs (C(OH)–C–C–N with tert-alkyl or cyclic N) is 1. The van der Waals surface area contributed by atoms with E-state index in [0.29, 0.717) is 28.8 Å². The number of amides is 4. The molecule has 5 N–H and O–H groups in total. The number of carbonyl (C=O) groups is 5. The van der Waals surface area contributed by atoms with Crippen LogP contribution in [0.5, 0.6) is 5.75 Å². The molecule has 0 radical (unpaired) electrons. The number of rotatable bonds is 10. The summed E-state index contributed by atoms with van der Waals surface area (Å²) < 4.78 is 13.4. The van der Waals surface area contributed by atoms with Crippen LogP contribution < -0.4 is 10.7 Å². The number of methoxy groups -OCH3 is 1. The third-order valence-electron chi connectivity index (χ3n) is 13.1. The zero-order chi connectivity index (χ0) is 49.3. The monoisotopic (exact) mass is 932 g/mol. The minimum Gasteiger partial charge on any atom is -0.508 e. The van der Waals surface area contributed by atoms with Crippen LogP contribution in [-0.4, -0.2) is 133 Å². The summed E-state index contributed by atoms with van der Waals surface area (Å²) in [7, 11) is 2.96. The normalized spacial score (nSPS) is 22.3. The zero-order valence-corrected chi connectivity index (χ0v) is 39.4. The van der Waals surface area contributed by atoms with E-state index in [-0.39, 0.29) is 70.8 Å². The van der Waals surface area contributed by atoms with Crippen LogP contribution >= 0.6 is 0 Å². The van der Waals surface area contributed by atoms with Gasteiger partial charge in [0.25, 0.3) is 11.8 Å². The average molecular weight is 933 g/mol. The van der Waals surface area contributed by atoms with Gasteiger partial charge < -0.3 is 44.5 Å². The summed E-state index contributed by atoms with van der Waals surface area (Å²) in [6.07, 6.45) is 2.94. The lowest BCUT2D eigenvalue weighted by Crippen LogP contribution is -2.67. The molecule has 5 heterocycles. The first kappa shape index (κ1) is 49.3. The lowest BCUT2D eigenvalue weighted by atomic mass is 9.84. The lowest BCUT2D eigenvalue weighted by molar-refractivity contribution is -0.189. The molecule has 0 spiro atoms. The number of carbonyl (C=O) groups excluding carboxylic acids is 5. The number of ether oxygens (including phenoxy) is 2. The number of nitriles is 1. The highest BCUT2D eigenvalue weighted by molar-refractivity contribution is 5.97. The molecular weight excluding hydrogens is 873 g/mol. The maximum absolute atomic E-state index is 14.7. The molecule has 4 amide bonds. The number of hydrazine groups is 1. The first-order valence-corrected chi connectivity index (χ1v) is 22.7. The summed E-state index contributed by atoms with van der Waals surface area (Å²) in [6.45, 7) is 10.6. The van der Waals surface area contributed by atoms with E-state index in [4.69, 9.17) is 9.47 Å². The molecule has 4 atom stereocenters. The van der Waals surface area contributed by atoms with Crippen molar-refractivity contribution >= 4 is 40.5 Å². The summed E-state index contributed by atoms with van der Waals surface area (Å²) in [5, 5.41) is 49.5. The zero-order valence-electron chi connectivity index (χ0n) is 39.4. The van der Waals surface area contributed by atoms with Crippen LogP contribution in [0.1, 0.15) is 63.8 Å². The van der Waals surface area contributed by atoms with Gasteiger partial charge in [-0.15, -0.1) is 0 Å². The number of pyridine rings is 1. The van der Waals surface area contributed by atoms with Gasteiger partial charge in [0, 0.05) is 74.6 Å². The van der Waals surface area contributed by atoms with Gasteiger partial charge in [-0.1, -0.05) is 46.4 Å². The largest absolute Gasteiger partial charge is 0.508 e. The second-order valence-corrected chi connectivity index (χ2v) is 19.2. The van der Waals surface area contributed by atoms with Crippen molar-refractivity contribution in [3.05, 3.63) is 84.2 Å². The number of cyclic esters (lactones) is 1. The van der Waals surface area contributed by atoms with E-state index in [1.54, 1.807) is 39.3 Å². The number of nitrogens with zero attached hydrogens (tertiary/aromatic N) is 6. The average Bonchev–Trinajstić information content (AvgIpc) is 3.84. The number of likely N-dealkylation sites (N-methyl/N-ethyl adjacent to an activating group) is 1.